The number of aryl methyl sites for hydroxylation is 1. The Labute approximate surface area is 117 Å². The molecule has 1 heterocycles. The molecule has 106 valence electrons. The maximum absolute atomic E-state index is 12.0. The summed E-state index contributed by atoms with van der Waals surface area (Å²) in [4.78, 5) is 12.0. The Kier molecular flexibility index (Phi) is 4.24. The summed E-state index contributed by atoms with van der Waals surface area (Å²) in [5.41, 5.74) is 2.12. The number of benzene rings is 1. The van der Waals surface area contributed by atoms with Crippen molar-refractivity contribution < 1.29 is 14.3 Å². The summed E-state index contributed by atoms with van der Waals surface area (Å²) < 4.78 is 10.4. The van der Waals surface area contributed by atoms with Gasteiger partial charge in [-0.2, -0.15) is 5.10 Å². The molecule has 0 aliphatic heterocycles. The number of H-pyrrole nitrogens is 1. The lowest BCUT2D eigenvalue weighted by Gasteiger charge is -2.11. The molecule has 0 atom stereocenters. The first kappa shape index (κ1) is 13.9. The van der Waals surface area contributed by atoms with E-state index in [0.29, 0.717) is 17.9 Å². The van der Waals surface area contributed by atoms with Crippen molar-refractivity contribution >= 4 is 5.91 Å². The van der Waals surface area contributed by atoms with Gasteiger partial charge in [-0.25, -0.2) is 0 Å². The van der Waals surface area contributed by atoms with Gasteiger partial charge in [0, 0.05) is 17.8 Å². The van der Waals surface area contributed by atoms with Gasteiger partial charge in [0.05, 0.1) is 26.0 Å². The molecule has 0 fully saturated rings. The van der Waals surface area contributed by atoms with Gasteiger partial charge in [-0.15, -0.1) is 0 Å². The van der Waals surface area contributed by atoms with Crippen molar-refractivity contribution in [1.82, 2.24) is 15.5 Å². The molecule has 6 nitrogen and oxygen atoms in total. The molecule has 1 amide bonds. The average Bonchev–Trinajstić information content (AvgIpc) is 2.90. The Morgan fingerprint density at radius 2 is 2.15 bits per heavy atom. The van der Waals surface area contributed by atoms with E-state index in [1.165, 1.54) is 6.20 Å². The van der Waals surface area contributed by atoms with Gasteiger partial charge in [-0.3, -0.25) is 9.89 Å². The highest BCUT2D eigenvalue weighted by molar-refractivity contribution is 5.94. The number of ether oxygens (including phenoxy) is 2. The first-order valence-corrected chi connectivity index (χ1v) is 6.14. The molecule has 0 saturated carbocycles. The number of carbonyl (C=O) groups excluding carboxylic acids is 1. The Balaban J connectivity index is 2.10. The standard InChI is InChI=1S/C14H17N3O3/c1-9-12(8-16-17-9)14(18)15-7-10-6-11(19-2)4-5-13(10)20-3/h4-6,8H,7H2,1-3H3,(H,15,18)(H,16,17). The summed E-state index contributed by atoms with van der Waals surface area (Å²) in [5, 5.41) is 9.40. The second-order valence-electron chi connectivity index (χ2n) is 4.27. The van der Waals surface area contributed by atoms with E-state index in [9.17, 15) is 4.79 Å². The molecule has 1 aromatic carbocycles. The maximum atomic E-state index is 12.0. The predicted octanol–water partition coefficient (Wildman–Crippen LogP) is 1.67. The molecule has 0 spiro atoms. The summed E-state index contributed by atoms with van der Waals surface area (Å²) in [5.74, 6) is 1.24. The van der Waals surface area contributed by atoms with Gasteiger partial charge in [-0.05, 0) is 25.1 Å². The van der Waals surface area contributed by atoms with Crippen LogP contribution in [0.5, 0.6) is 11.5 Å². The van der Waals surface area contributed by atoms with Gasteiger partial charge in [0.25, 0.3) is 5.91 Å². The molecular formula is C14H17N3O3. The number of rotatable bonds is 5. The van der Waals surface area contributed by atoms with Crippen LogP contribution in [0.2, 0.25) is 0 Å². The smallest absolute Gasteiger partial charge is 0.255 e. The monoisotopic (exact) mass is 275 g/mol. The molecule has 0 aliphatic rings. The van der Waals surface area contributed by atoms with E-state index in [2.05, 4.69) is 15.5 Å². The molecular weight excluding hydrogens is 258 g/mol. The van der Waals surface area contributed by atoms with E-state index < -0.39 is 0 Å². The first-order chi connectivity index (χ1) is 9.65. The van der Waals surface area contributed by atoms with E-state index in [4.69, 9.17) is 9.47 Å². The quantitative estimate of drug-likeness (QED) is 0.870. The average molecular weight is 275 g/mol. The molecule has 0 saturated heterocycles. The Hall–Kier alpha value is -2.50. The van der Waals surface area contributed by atoms with Crippen LogP contribution in [-0.2, 0) is 6.54 Å². The van der Waals surface area contributed by atoms with E-state index in [1.54, 1.807) is 21.1 Å². The van der Waals surface area contributed by atoms with Crippen molar-refractivity contribution in [3.63, 3.8) is 0 Å². The van der Waals surface area contributed by atoms with Crippen molar-refractivity contribution in [2.75, 3.05) is 14.2 Å². The van der Waals surface area contributed by atoms with Gasteiger partial charge < -0.3 is 14.8 Å². The number of amides is 1. The third kappa shape index (κ3) is 2.90. The van der Waals surface area contributed by atoms with Crippen molar-refractivity contribution in [2.45, 2.75) is 13.5 Å². The van der Waals surface area contributed by atoms with Crippen molar-refractivity contribution in [3.05, 3.63) is 41.2 Å². The SMILES string of the molecule is COc1ccc(OC)c(CNC(=O)c2cn[nH]c2C)c1. The van der Waals surface area contributed by atoms with Gasteiger partial charge >= 0.3 is 0 Å². The van der Waals surface area contributed by atoms with Crippen LogP contribution in [0, 0.1) is 6.92 Å². The van der Waals surface area contributed by atoms with Crippen LogP contribution in [0.15, 0.2) is 24.4 Å². The molecule has 2 aromatic rings. The number of nitrogens with one attached hydrogen (secondary N) is 2. The fourth-order valence-corrected chi connectivity index (χ4v) is 1.87. The van der Waals surface area contributed by atoms with Crippen LogP contribution in [0.4, 0.5) is 0 Å². The normalized spacial score (nSPS) is 10.2. The molecule has 2 rings (SSSR count). The highest BCUT2D eigenvalue weighted by atomic mass is 16.5. The van der Waals surface area contributed by atoms with Gasteiger partial charge in [0.1, 0.15) is 11.5 Å². The molecule has 6 heteroatoms. The number of aromatic nitrogens is 2. The zero-order valence-electron chi connectivity index (χ0n) is 11.7. The molecule has 0 aliphatic carbocycles. The minimum Gasteiger partial charge on any atom is -0.497 e. The number of hydrogen-bond acceptors (Lipinski definition) is 4. The predicted molar refractivity (Wildman–Crippen MR) is 74.0 cm³/mol. The van der Waals surface area contributed by atoms with Crippen LogP contribution < -0.4 is 14.8 Å². The number of aromatic amines is 1. The third-order valence-electron chi connectivity index (χ3n) is 3.00. The Morgan fingerprint density at radius 3 is 2.75 bits per heavy atom. The van der Waals surface area contributed by atoms with Gasteiger partial charge in [0.15, 0.2) is 0 Å². The molecule has 1 aromatic heterocycles. The Morgan fingerprint density at radius 1 is 1.35 bits per heavy atom. The third-order valence-corrected chi connectivity index (χ3v) is 3.00. The second-order valence-corrected chi connectivity index (χ2v) is 4.27. The minimum absolute atomic E-state index is 0.180. The lowest BCUT2D eigenvalue weighted by Crippen LogP contribution is -2.23. The molecule has 2 N–H and O–H groups in total. The summed E-state index contributed by atoms with van der Waals surface area (Å²) in [7, 11) is 3.19. The summed E-state index contributed by atoms with van der Waals surface area (Å²) in [6, 6.07) is 5.45. The summed E-state index contributed by atoms with van der Waals surface area (Å²) in [6.45, 7) is 2.15. The van der Waals surface area contributed by atoms with Crippen LogP contribution in [0.3, 0.4) is 0 Å². The van der Waals surface area contributed by atoms with Crippen LogP contribution in [0.1, 0.15) is 21.6 Å². The van der Waals surface area contributed by atoms with E-state index in [0.717, 1.165) is 17.0 Å². The van der Waals surface area contributed by atoms with Crippen LogP contribution in [-0.4, -0.2) is 30.3 Å². The van der Waals surface area contributed by atoms with E-state index in [-0.39, 0.29) is 5.91 Å². The first-order valence-electron chi connectivity index (χ1n) is 6.14. The van der Waals surface area contributed by atoms with E-state index in [1.807, 2.05) is 18.2 Å². The molecule has 0 unspecified atom stereocenters. The van der Waals surface area contributed by atoms with Gasteiger partial charge in [-0.1, -0.05) is 0 Å². The number of carbonyl (C=O) groups is 1. The fourth-order valence-electron chi connectivity index (χ4n) is 1.87. The van der Waals surface area contributed by atoms with Crippen LogP contribution >= 0.6 is 0 Å². The van der Waals surface area contributed by atoms with Crippen LogP contribution in [0.25, 0.3) is 0 Å². The highest BCUT2D eigenvalue weighted by Crippen LogP contribution is 2.23. The molecule has 0 bridgehead atoms. The number of methoxy groups -OCH3 is 2. The minimum atomic E-state index is -0.180. The zero-order chi connectivity index (χ0) is 14.5. The lowest BCUT2D eigenvalue weighted by atomic mass is 10.1. The van der Waals surface area contributed by atoms with E-state index >= 15 is 0 Å². The summed E-state index contributed by atoms with van der Waals surface area (Å²) in [6.07, 6.45) is 1.51. The lowest BCUT2D eigenvalue weighted by molar-refractivity contribution is 0.0950. The largest absolute Gasteiger partial charge is 0.497 e. The van der Waals surface area contributed by atoms with Gasteiger partial charge in [0.2, 0.25) is 0 Å². The second kappa shape index (κ2) is 6.10. The highest BCUT2D eigenvalue weighted by Gasteiger charge is 2.12. The summed E-state index contributed by atoms with van der Waals surface area (Å²) >= 11 is 0. The topological polar surface area (TPSA) is 76.2 Å². The fraction of sp³-hybridized carbons (Fsp3) is 0.286. The maximum Gasteiger partial charge on any atom is 0.255 e. The van der Waals surface area contributed by atoms with Crippen molar-refractivity contribution in [3.8, 4) is 11.5 Å². The van der Waals surface area contributed by atoms with Crippen molar-refractivity contribution in [1.29, 1.82) is 0 Å². The number of hydrogen-bond donors (Lipinski definition) is 2. The zero-order valence-corrected chi connectivity index (χ0v) is 11.7. The Bertz CT molecular complexity index is 607. The molecule has 20 heavy (non-hydrogen) atoms. The molecule has 0 radical (unpaired) electrons. The number of nitrogens with zero attached hydrogens (tertiary/aromatic N) is 1. The van der Waals surface area contributed by atoms with Crippen molar-refractivity contribution in [2.24, 2.45) is 0 Å².